The topological polar surface area (TPSA) is 0 Å². The monoisotopic (exact) mass is 174 g/mol. The van der Waals surface area contributed by atoms with E-state index < -0.39 is 0 Å². The summed E-state index contributed by atoms with van der Waals surface area (Å²) in [6.45, 7) is 8.75. The molecule has 6 heavy (non-hydrogen) atoms. The van der Waals surface area contributed by atoms with Crippen LogP contribution in [0.2, 0.25) is 0 Å². The van der Waals surface area contributed by atoms with E-state index in [0.717, 1.165) is 0 Å². The molecule has 0 unspecified atom stereocenters. The van der Waals surface area contributed by atoms with E-state index in [0.29, 0.717) is 5.41 Å². The summed E-state index contributed by atoms with van der Waals surface area (Å²) in [5.74, 6) is 0. The molecule has 0 rings (SSSR count). The normalized spacial score (nSPS) is 10.0. The Balaban J connectivity index is 0. The Morgan fingerprint density at radius 3 is 0.833 bits per heavy atom. The molecule has 0 aliphatic carbocycles. The second-order valence-corrected chi connectivity index (χ2v) is 3.00. The molecule has 0 amide bonds. The number of hydrogen-bond donors (Lipinski definition) is 0. The Kier molecular flexibility index (Phi) is 4.47. The third-order valence-corrected chi connectivity index (χ3v) is 0. The van der Waals surface area contributed by atoms with Gasteiger partial charge in [0.2, 0.25) is 0 Å². The fourth-order valence-corrected chi connectivity index (χ4v) is 0. The molecular weight excluding hydrogens is 161 g/mol. The van der Waals surface area contributed by atoms with Gasteiger partial charge >= 0.3 is 0 Å². The van der Waals surface area contributed by atoms with Gasteiger partial charge in [0.1, 0.15) is 0 Å². The van der Waals surface area contributed by atoms with Gasteiger partial charge in [-0.1, -0.05) is 27.7 Å². The van der Waals surface area contributed by atoms with Crippen molar-refractivity contribution in [2.45, 2.75) is 27.7 Å². The van der Waals surface area contributed by atoms with Gasteiger partial charge in [-0.2, -0.15) is 0 Å². The zero-order valence-electron chi connectivity index (χ0n) is 4.85. The van der Waals surface area contributed by atoms with Gasteiger partial charge < -0.3 is 0 Å². The maximum absolute atomic E-state index is 2.19. The van der Waals surface area contributed by atoms with Crippen molar-refractivity contribution in [2.75, 3.05) is 0 Å². The van der Waals surface area contributed by atoms with Crippen molar-refractivity contribution in [2.24, 2.45) is 5.41 Å². The van der Waals surface area contributed by atoms with Crippen molar-refractivity contribution >= 4 is 0 Å². The first-order valence-corrected chi connectivity index (χ1v) is 2.00. The van der Waals surface area contributed by atoms with E-state index in [1.54, 1.807) is 0 Å². The third kappa shape index (κ3) is 156. The minimum atomic E-state index is 0. The second-order valence-electron chi connectivity index (χ2n) is 3.00. The SMILES string of the molecule is CC(C)(C)C.[Ru]. The average molecular weight is 173 g/mol. The van der Waals surface area contributed by atoms with E-state index in [1.165, 1.54) is 0 Å². The van der Waals surface area contributed by atoms with E-state index >= 15 is 0 Å². The number of rotatable bonds is 0. The Bertz CT molecular complexity index is 19.4. The molecule has 0 bridgehead atoms. The van der Waals surface area contributed by atoms with E-state index in [4.69, 9.17) is 0 Å². The van der Waals surface area contributed by atoms with E-state index in [2.05, 4.69) is 27.7 Å². The smallest absolute Gasteiger partial charge is 0 e. The molecule has 0 radical (unpaired) electrons. The van der Waals surface area contributed by atoms with Crippen molar-refractivity contribution in [3.05, 3.63) is 0 Å². The minimum Gasteiger partial charge on any atom is -0.0604 e. The molecule has 0 aromatic heterocycles. The van der Waals surface area contributed by atoms with Crippen LogP contribution >= 0.6 is 0 Å². The standard InChI is InChI=1S/C5H12.Ru/c1-5(2,3)4;/h1-4H3;. The van der Waals surface area contributed by atoms with E-state index in [-0.39, 0.29) is 19.5 Å². The Labute approximate surface area is 53.1 Å². The molecule has 0 aromatic carbocycles. The van der Waals surface area contributed by atoms with Gasteiger partial charge in [-0.15, -0.1) is 0 Å². The molecule has 0 aromatic rings. The van der Waals surface area contributed by atoms with Crippen molar-refractivity contribution in [3.8, 4) is 0 Å². The predicted octanol–water partition coefficient (Wildman–Crippen LogP) is 2.05. The molecule has 40 valence electrons. The first-order valence-electron chi connectivity index (χ1n) is 2.00. The number of hydrogen-bond acceptors (Lipinski definition) is 0. The average Bonchev–Trinajstić information content (AvgIpc) is 0.722. The Morgan fingerprint density at radius 2 is 0.833 bits per heavy atom. The zero-order valence-corrected chi connectivity index (χ0v) is 6.59. The van der Waals surface area contributed by atoms with Crippen LogP contribution in [-0.2, 0) is 19.5 Å². The van der Waals surface area contributed by atoms with Crippen molar-refractivity contribution in [1.29, 1.82) is 0 Å². The van der Waals surface area contributed by atoms with Gasteiger partial charge in [-0.05, 0) is 5.41 Å². The molecule has 0 nitrogen and oxygen atoms in total. The van der Waals surface area contributed by atoms with Crippen LogP contribution in [0, 0.1) is 5.41 Å². The van der Waals surface area contributed by atoms with Gasteiger partial charge in [-0.25, -0.2) is 0 Å². The summed E-state index contributed by atoms with van der Waals surface area (Å²) in [6, 6.07) is 0. The fraction of sp³-hybridized carbons (Fsp3) is 1.00. The molecule has 1 heteroatoms. The molecule has 0 aliphatic heterocycles. The van der Waals surface area contributed by atoms with E-state index in [1.807, 2.05) is 0 Å². The summed E-state index contributed by atoms with van der Waals surface area (Å²) in [4.78, 5) is 0. The molecule has 0 atom stereocenters. The van der Waals surface area contributed by atoms with Crippen LogP contribution in [0.3, 0.4) is 0 Å². The molecule has 0 N–H and O–H groups in total. The summed E-state index contributed by atoms with van der Waals surface area (Å²) < 4.78 is 0. The summed E-state index contributed by atoms with van der Waals surface area (Å²) in [5.41, 5.74) is 0.500. The van der Waals surface area contributed by atoms with E-state index in [9.17, 15) is 0 Å². The molecular formula is C5H12Ru. The van der Waals surface area contributed by atoms with Crippen LogP contribution in [0.4, 0.5) is 0 Å². The predicted molar refractivity (Wildman–Crippen MR) is 25.1 cm³/mol. The molecule has 0 saturated heterocycles. The summed E-state index contributed by atoms with van der Waals surface area (Å²) >= 11 is 0. The maximum atomic E-state index is 2.19. The molecule has 0 heterocycles. The fourth-order valence-electron chi connectivity index (χ4n) is 0. The van der Waals surface area contributed by atoms with Crippen LogP contribution in [0.5, 0.6) is 0 Å². The van der Waals surface area contributed by atoms with Crippen molar-refractivity contribution in [1.82, 2.24) is 0 Å². The van der Waals surface area contributed by atoms with Gasteiger partial charge in [0.15, 0.2) is 0 Å². The first kappa shape index (κ1) is 9.80. The molecule has 0 fully saturated rings. The van der Waals surface area contributed by atoms with Gasteiger partial charge in [0.25, 0.3) is 0 Å². The minimum absolute atomic E-state index is 0. The van der Waals surface area contributed by atoms with Crippen molar-refractivity contribution < 1.29 is 19.5 Å². The molecule has 0 aliphatic rings. The summed E-state index contributed by atoms with van der Waals surface area (Å²) in [5, 5.41) is 0. The summed E-state index contributed by atoms with van der Waals surface area (Å²) in [7, 11) is 0. The quantitative estimate of drug-likeness (QED) is 0.492. The van der Waals surface area contributed by atoms with Crippen LogP contribution in [0.15, 0.2) is 0 Å². The Hall–Kier alpha value is 0.623. The Morgan fingerprint density at radius 1 is 0.833 bits per heavy atom. The maximum Gasteiger partial charge on any atom is 0 e. The summed E-state index contributed by atoms with van der Waals surface area (Å²) in [6.07, 6.45) is 0. The van der Waals surface area contributed by atoms with Crippen LogP contribution < -0.4 is 0 Å². The zero-order chi connectivity index (χ0) is 4.50. The van der Waals surface area contributed by atoms with Crippen LogP contribution in [0.25, 0.3) is 0 Å². The molecule has 0 saturated carbocycles. The second kappa shape index (κ2) is 2.74. The van der Waals surface area contributed by atoms with Gasteiger partial charge in [0.05, 0.1) is 0 Å². The third-order valence-electron chi connectivity index (χ3n) is 0. The van der Waals surface area contributed by atoms with Crippen LogP contribution in [0.1, 0.15) is 27.7 Å². The largest absolute Gasteiger partial charge is 0.0604 e. The first-order chi connectivity index (χ1) is 2.00. The van der Waals surface area contributed by atoms with Crippen LogP contribution in [-0.4, -0.2) is 0 Å². The van der Waals surface area contributed by atoms with Gasteiger partial charge in [0, 0.05) is 19.5 Å². The van der Waals surface area contributed by atoms with Gasteiger partial charge in [-0.3, -0.25) is 0 Å². The van der Waals surface area contributed by atoms with Crippen molar-refractivity contribution in [3.63, 3.8) is 0 Å². The molecule has 0 spiro atoms.